The minimum absolute atomic E-state index is 0.00671. The van der Waals surface area contributed by atoms with E-state index in [4.69, 9.17) is 11.6 Å². The van der Waals surface area contributed by atoms with Crippen LogP contribution in [0.5, 0.6) is 0 Å². The molecule has 3 rings (SSSR count). The number of hydrogen-bond donors (Lipinski definition) is 1. The van der Waals surface area contributed by atoms with Crippen LogP contribution in [-0.2, 0) is 0 Å². The lowest BCUT2D eigenvalue weighted by molar-refractivity contribution is 0.0724. The Balaban J connectivity index is 1.88. The molecule has 5 nitrogen and oxygen atoms in total. The molecule has 0 saturated carbocycles. The van der Waals surface area contributed by atoms with Gasteiger partial charge in [-0.1, -0.05) is 23.7 Å². The summed E-state index contributed by atoms with van der Waals surface area (Å²) in [5, 5.41) is 3.24. The Bertz CT molecular complexity index is 845. The van der Waals surface area contributed by atoms with Gasteiger partial charge in [-0.15, -0.1) is 0 Å². The Morgan fingerprint density at radius 1 is 1.00 bits per heavy atom. The summed E-state index contributed by atoms with van der Waals surface area (Å²) < 4.78 is 0. The lowest BCUT2D eigenvalue weighted by Gasteiger charge is -2.28. The first-order valence-corrected chi connectivity index (χ1v) is 9.51. The monoisotopic (exact) mass is 385 g/mol. The van der Waals surface area contributed by atoms with Crippen molar-refractivity contribution in [1.29, 1.82) is 0 Å². The number of anilines is 2. The second kappa shape index (κ2) is 8.44. The predicted molar refractivity (Wildman–Crippen MR) is 110 cm³/mol. The van der Waals surface area contributed by atoms with Crippen LogP contribution in [0.25, 0.3) is 0 Å². The fraction of sp³-hybridized carbons (Fsp3) is 0.333. The summed E-state index contributed by atoms with van der Waals surface area (Å²) >= 11 is 6.11. The second-order valence-electron chi connectivity index (χ2n) is 6.91. The van der Waals surface area contributed by atoms with E-state index in [0.717, 1.165) is 38.0 Å². The molecule has 0 bridgehead atoms. The third-order valence-corrected chi connectivity index (χ3v) is 5.06. The van der Waals surface area contributed by atoms with Gasteiger partial charge in [0.05, 0.1) is 16.1 Å². The van der Waals surface area contributed by atoms with E-state index in [1.165, 1.54) is 0 Å². The third-order valence-electron chi connectivity index (χ3n) is 4.73. The van der Waals surface area contributed by atoms with Crippen LogP contribution in [0.15, 0.2) is 42.5 Å². The Morgan fingerprint density at radius 2 is 1.70 bits per heavy atom. The van der Waals surface area contributed by atoms with Gasteiger partial charge in [0.2, 0.25) is 0 Å². The number of rotatable bonds is 4. The lowest BCUT2D eigenvalue weighted by atomic mass is 10.1. The number of nitrogens with zero attached hydrogens (tertiary/aromatic N) is 2. The Labute approximate surface area is 164 Å². The van der Waals surface area contributed by atoms with Gasteiger partial charge in [-0.05, 0) is 49.6 Å². The van der Waals surface area contributed by atoms with Crippen molar-refractivity contribution in [3.05, 3.63) is 58.6 Å². The zero-order valence-corrected chi connectivity index (χ0v) is 16.4. The first-order chi connectivity index (χ1) is 13.0. The highest BCUT2D eigenvalue weighted by atomic mass is 35.5. The van der Waals surface area contributed by atoms with E-state index >= 15 is 0 Å². The molecule has 0 radical (unpaired) electrons. The first kappa shape index (κ1) is 19.2. The van der Waals surface area contributed by atoms with Crippen LogP contribution in [0.1, 0.15) is 40.0 Å². The Hall–Kier alpha value is -2.53. The molecule has 0 aliphatic carbocycles. The first-order valence-electron chi connectivity index (χ1n) is 9.14. The van der Waals surface area contributed by atoms with Crippen LogP contribution < -0.4 is 10.2 Å². The van der Waals surface area contributed by atoms with E-state index in [2.05, 4.69) is 5.32 Å². The SMILES string of the molecule is CN(C)c1ccc(NC(=O)c2ccccc2Cl)cc1C(=O)N1CCCCC1. The van der Waals surface area contributed by atoms with Gasteiger partial charge in [-0.25, -0.2) is 0 Å². The van der Waals surface area contributed by atoms with Crippen LogP contribution in [0.3, 0.4) is 0 Å². The number of carbonyl (C=O) groups excluding carboxylic acids is 2. The molecule has 2 amide bonds. The maximum atomic E-state index is 13.1. The highest BCUT2D eigenvalue weighted by molar-refractivity contribution is 6.34. The van der Waals surface area contributed by atoms with Crippen molar-refractivity contribution in [2.75, 3.05) is 37.4 Å². The second-order valence-corrected chi connectivity index (χ2v) is 7.32. The molecule has 1 aliphatic rings. The number of halogens is 1. The molecular weight excluding hydrogens is 362 g/mol. The average molecular weight is 386 g/mol. The number of amides is 2. The highest BCUT2D eigenvalue weighted by Crippen LogP contribution is 2.26. The summed E-state index contributed by atoms with van der Waals surface area (Å²) in [7, 11) is 3.81. The zero-order valence-electron chi connectivity index (χ0n) is 15.7. The largest absolute Gasteiger partial charge is 0.377 e. The molecule has 0 aromatic heterocycles. The molecule has 1 saturated heterocycles. The number of likely N-dealkylation sites (tertiary alicyclic amines) is 1. The highest BCUT2D eigenvalue weighted by Gasteiger charge is 2.22. The molecule has 27 heavy (non-hydrogen) atoms. The molecule has 2 aromatic rings. The maximum Gasteiger partial charge on any atom is 0.257 e. The summed E-state index contributed by atoms with van der Waals surface area (Å²) in [4.78, 5) is 29.4. The lowest BCUT2D eigenvalue weighted by Crippen LogP contribution is -2.36. The molecule has 0 atom stereocenters. The molecule has 142 valence electrons. The molecule has 1 aliphatic heterocycles. The topological polar surface area (TPSA) is 52.7 Å². The predicted octanol–water partition coefficient (Wildman–Crippen LogP) is 4.28. The van der Waals surface area contributed by atoms with Crippen molar-refractivity contribution < 1.29 is 9.59 Å². The smallest absolute Gasteiger partial charge is 0.257 e. The number of piperidine rings is 1. The van der Waals surface area contributed by atoms with Gasteiger partial charge in [0.1, 0.15) is 0 Å². The molecule has 1 N–H and O–H groups in total. The van der Waals surface area contributed by atoms with E-state index in [-0.39, 0.29) is 11.8 Å². The molecule has 1 fully saturated rings. The van der Waals surface area contributed by atoms with Gasteiger partial charge in [0, 0.05) is 38.6 Å². The Kier molecular flexibility index (Phi) is 6.01. The minimum Gasteiger partial charge on any atom is -0.377 e. The molecule has 6 heteroatoms. The van der Waals surface area contributed by atoms with Crippen LogP contribution in [0, 0.1) is 0 Å². The summed E-state index contributed by atoms with van der Waals surface area (Å²) in [6, 6.07) is 12.3. The maximum absolute atomic E-state index is 13.1. The normalized spacial score (nSPS) is 14.0. The van der Waals surface area contributed by atoms with Gasteiger partial charge in [0.15, 0.2) is 0 Å². The van der Waals surface area contributed by atoms with E-state index < -0.39 is 0 Å². The quantitative estimate of drug-likeness (QED) is 0.854. The van der Waals surface area contributed by atoms with E-state index in [9.17, 15) is 9.59 Å². The summed E-state index contributed by atoms with van der Waals surface area (Å²) in [6.07, 6.45) is 3.23. The standard InChI is InChI=1S/C21H24ClN3O2/c1-24(2)19-11-10-15(23-20(26)16-8-4-5-9-18(16)22)14-17(19)21(27)25-12-6-3-7-13-25/h4-5,8-11,14H,3,6-7,12-13H2,1-2H3,(H,23,26). The summed E-state index contributed by atoms with van der Waals surface area (Å²) in [5.74, 6) is -0.290. The fourth-order valence-electron chi connectivity index (χ4n) is 3.29. The van der Waals surface area contributed by atoms with Crippen LogP contribution >= 0.6 is 11.6 Å². The van der Waals surface area contributed by atoms with Crippen LogP contribution in [0.4, 0.5) is 11.4 Å². The molecule has 2 aromatic carbocycles. The van der Waals surface area contributed by atoms with E-state index in [1.54, 1.807) is 36.4 Å². The van der Waals surface area contributed by atoms with E-state index in [0.29, 0.717) is 21.8 Å². The third kappa shape index (κ3) is 4.42. The van der Waals surface area contributed by atoms with Crippen molar-refractivity contribution in [1.82, 2.24) is 4.90 Å². The number of nitrogens with one attached hydrogen (secondary N) is 1. The van der Waals surface area contributed by atoms with Crippen molar-refractivity contribution >= 4 is 34.8 Å². The van der Waals surface area contributed by atoms with Crippen molar-refractivity contribution in [3.8, 4) is 0 Å². The van der Waals surface area contributed by atoms with Gasteiger partial charge in [0.25, 0.3) is 11.8 Å². The van der Waals surface area contributed by atoms with Gasteiger partial charge >= 0.3 is 0 Å². The molecule has 1 heterocycles. The average Bonchev–Trinajstić information content (AvgIpc) is 2.68. The van der Waals surface area contributed by atoms with Crippen LogP contribution in [0.2, 0.25) is 5.02 Å². The molecular formula is C21H24ClN3O2. The number of hydrogen-bond acceptors (Lipinski definition) is 3. The molecule has 0 spiro atoms. The summed E-state index contributed by atoms with van der Waals surface area (Å²) in [5.41, 5.74) is 2.41. The van der Waals surface area contributed by atoms with Gasteiger partial charge in [-0.2, -0.15) is 0 Å². The van der Waals surface area contributed by atoms with Crippen LogP contribution in [-0.4, -0.2) is 43.9 Å². The number of benzene rings is 2. The molecule has 0 unspecified atom stereocenters. The zero-order chi connectivity index (χ0) is 19.4. The number of carbonyl (C=O) groups is 2. The Morgan fingerprint density at radius 3 is 2.37 bits per heavy atom. The van der Waals surface area contributed by atoms with E-state index in [1.807, 2.05) is 30.0 Å². The van der Waals surface area contributed by atoms with Crippen molar-refractivity contribution in [2.45, 2.75) is 19.3 Å². The minimum atomic E-state index is -0.297. The van der Waals surface area contributed by atoms with Gasteiger partial charge in [-0.3, -0.25) is 9.59 Å². The van der Waals surface area contributed by atoms with Crippen molar-refractivity contribution in [3.63, 3.8) is 0 Å². The van der Waals surface area contributed by atoms with Crippen molar-refractivity contribution in [2.24, 2.45) is 0 Å². The fourth-order valence-corrected chi connectivity index (χ4v) is 3.51. The van der Waals surface area contributed by atoms with Gasteiger partial charge < -0.3 is 15.1 Å². The summed E-state index contributed by atoms with van der Waals surface area (Å²) in [6.45, 7) is 1.56.